The summed E-state index contributed by atoms with van der Waals surface area (Å²) in [5.74, 6) is -0.0742. The van der Waals surface area contributed by atoms with E-state index in [-0.39, 0.29) is 11.5 Å². The molecule has 0 bridgehead atoms. The maximum atomic E-state index is 13.1. The van der Waals surface area contributed by atoms with Gasteiger partial charge < -0.3 is 19.9 Å². The number of likely N-dealkylation sites (tertiary alicyclic amines) is 1. The molecule has 0 aliphatic carbocycles. The van der Waals surface area contributed by atoms with Crippen molar-refractivity contribution >= 4 is 49.7 Å². The number of aromatic nitrogens is 6. The summed E-state index contributed by atoms with van der Waals surface area (Å²) in [6.07, 6.45) is 7.67. The topological polar surface area (TPSA) is 122 Å². The highest BCUT2D eigenvalue weighted by Crippen LogP contribution is 2.33. The highest BCUT2D eigenvalue weighted by atomic mass is 32.1. The molecule has 0 spiro atoms. The van der Waals surface area contributed by atoms with Crippen LogP contribution < -0.4 is 10.9 Å². The standard InChI is InChI=1S/C25H28N8O3S/c1-25(2)13-31(14-25)5-4-19(34)28-16-8-17-21(26-10-16)22-20(23(35)29-17)24-33(30-22)12-18(37-24)15-9-27-32(11-15)6-7-36-3/h8-12H,4-7,13-14H2,1-3H3,(H,28,34)(H,29,35). The van der Waals surface area contributed by atoms with E-state index >= 15 is 0 Å². The quantitative estimate of drug-likeness (QED) is 0.323. The van der Waals surface area contributed by atoms with Gasteiger partial charge in [-0.05, 0) is 11.5 Å². The van der Waals surface area contributed by atoms with Gasteiger partial charge in [0.1, 0.15) is 21.3 Å². The second kappa shape index (κ2) is 9.05. The molecule has 0 aromatic carbocycles. The number of methoxy groups -OCH3 is 1. The van der Waals surface area contributed by atoms with Crippen LogP contribution in [0.5, 0.6) is 0 Å². The normalized spacial score (nSPS) is 15.5. The van der Waals surface area contributed by atoms with Crippen molar-refractivity contribution in [2.24, 2.45) is 5.41 Å². The van der Waals surface area contributed by atoms with E-state index in [4.69, 9.17) is 4.74 Å². The van der Waals surface area contributed by atoms with E-state index in [1.807, 2.05) is 17.1 Å². The number of pyridine rings is 2. The van der Waals surface area contributed by atoms with Gasteiger partial charge >= 0.3 is 0 Å². The number of hydrogen-bond acceptors (Lipinski definition) is 8. The van der Waals surface area contributed by atoms with E-state index < -0.39 is 0 Å². The molecule has 1 amide bonds. The lowest BCUT2D eigenvalue weighted by Crippen LogP contribution is -2.53. The summed E-state index contributed by atoms with van der Waals surface area (Å²) >= 11 is 1.48. The lowest BCUT2D eigenvalue weighted by Gasteiger charge is -2.45. The summed E-state index contributed by atoms with van der Waals surface area (Å²) in [5.41, 5.74) is 3.24. The first-order valence-electron chi connectivity index (χ1n) is 12.2. The fourth-order valence-electron chi connectivity index (χ4n) is 4.96. The summed E-state index contributed by atoms with van der Waals surface area (Å²) in [6.45, 7) is 8.45. The summed E-state index contributed by atoms with van der Waals surface area (Å²) in [6, 6.07) is 1.74. The minimum atomic E-state index is -0.243. The van der Waals surface area contributed by atoms with Gasteiger partial charge in [-0.1, -0.05) is 13.8 Å². The Bertz CT molecular complexity index is 1690. The van der Waals surface area contributed by atoms with Crippen molar-refractivity contribution in [1.82, 2.24) is 34.3 Å². The molecule has 1 saturated heterocycles. The molecule has 0 unspecified atom stereocenters. The number of carbonyl (C=O) groups excluding carboxylic acids is 1. The van der Waals surface area contributed by atoms with Crippen molar-refractivity contribution in [2.45, 2.75) is 26.8 Å². The Kier molecular flexibility index (Phi) is 5.81. The van der Waals surface area contributed by atoms with Crippen molar-refractivity contribution < 1.29 is 9.53 Å². The predicted molar refractivity (Wildman–Crippen MR) is 143 cm³/mol. The number of aromatic amines is 1. The van der Waals surface area contributed by atoms with E-state index in [1.54, 1.807) is 30.1 Å². The van der Waals surface area contributed by atoms with Gasteiger partial charge in [0.15, 0.2) is 0 Å². The number of rotatable bonds is 8. The molecule has 11 nitrogen and oxygen atoms in total. The number of nitrogens with zero attached hydrogens (tertiary/aromatic N) is 6. The van der Waals surface area contributed by atoms with E-state index in [9.17, 15) is 9.59 Å². The number of ether oxygens (including phenoxy) is 1. The van der Waals surface area contributed by atoms with E-state index in [2.05, 4.69) is 44.2 Å². The van der Waals surface area contributed by atoms with Gasteiger partial charge in [0.2, 0.25) is 5.91 Å². The lowest BCUT2D eigenvalue weighted by molar-refractivity contribution is -0.117. The molecule has 12 heteroatoms. The third-order valence-electron chi connectivity index (χ3n) is 6.58. The summed E-state index contributed by atoms with van der Waals surface area (Å²) in [7, 11) is 1.66. The Morgan fingerprint density at radius 3 is 2.84 bits per heavy atom. The van der Waals surface area contributed by atoms with Crippen molar-refractivity contribution in [3.05, 3.63) is 41.2 Å². The number of fused-ring (bicyclic) bond motifs is 5. The molecule has 0 saturated carbocycles. The minimum Gasteiger partial charge on any atom is -0.383 e. The minimum absolute atomic E-state index is 0.0742. The summed E-state index contributed by atoms with van der Waals surface area (Å²) in [5, 5.41) is 12.4. The highest BCUT2D eigenvalue weighted by Gasteiger charge is 2.33. The molecular weight excluding hydrogens is 492 g/mol. The monoisotopic (exact) mass is 520 g/mol. The lowest BCUT2D eigenvalue weighted by atomic mass is 9.84. The molecule has 0 radical (unpaired) electrons. The van der Waals surface area contributed by atoms with Crippen LogP contribution in [0, 0.1) is 5.41 Å². The van der Waals surface area contributed by atoms with Crippen LogP contribution in [0.2, 0.25) is 0 Å². The molecular formula is C25H28N8O3S. The number of anilines is 1. The van der Waals surface area contributed by atoms with Gasteiger partial charge in [0.25, 0.3) is 5.56 Å². The van der Waals surface area contributed by atoms with Gasteiger partial charge in [0, 0.05) is 51.1 Å². The molecule has 37 heavy (non-hydrogen) atoms. The van der Waals surface area contributed by atoms with Crippen LogP contribution in [0.3, 0.4) is 0 Å². The van der Waals surface area contributed by atoms with E-state index in [0.717, 1.165) is 34.9 Å². The molecule has 1 fully saturated rings. The molecule has 192 valence electrons. The van der Waals surface area contributed by atoms with Crippen LogP contribution in [-0.2, 0) is 16.1 Å². The predicted octanol–water partition coefficient (Wildman–Crippen LogP) is 2.97. The van der Waals surface area contributed by atoms with Gasteiger partial charge in [-0.25, -0.2) is 4.52 Å². The van der Waals surface area contributed by atoms with Gasteiger partial charge in [-0.15, -0.1) is 11.3 Å². The third-order valence-corrected chi connectivity index (χ3v) is 7.73. The van der Waals surface area contributed by atoms with E-state index in [1.165, 1.54) is 11.3 Å². The highest BCUT2D eigenvalue weighted by molar-refractivity contribution is 7.21. The first kappa shape index (κ1) is 23.8. The Labute approximate surface area is 216 Å². The molecule has 0 atom stereocenters. The summed E-state index contributed by atoms with van der Waals surface area (Å²) < 4.78 is 8.66. The number of amides is 1. The Balaban J connectivity index is 1.24. The van der Waals surface area contributed by atoms with Gasteiger partial charge in [-0.2, -0.15) is 10.2 Å². The third kappa shape index (κ3) is 4.52. The molecule has 2 N–H and O–H groups in total. The average Bonchev–Trinajstić information content (AvgIpc) is 3.54. The largest absolute Gasteiger partial charge is 0.383 e. The Morgan fingerprint density at radius 2 is 2.05 bits per heavy atom. The zero-order chi connectivity index (χ0) is 25.7. The summed E-state index contributed by atoms with van der Waals surface area (Å²) in [4.78, 5) is 37.0. The van der Waals surface area contributed by atoms with Crippen LogP contribution in [0.1, 0.15) is 20.3 Å². The fourth-order valence-corrected chi connectivity index (χ4v) is 6.02. The zero-order valence-corrected chi connectivity index (χ0v) is 21.8. The molecule has 5 aromatic heterocycles. The molecule has 6 rings (SSSR count). The molecule has 5 aromatic rings. The maximum absolute atomic E-state index is 13.1. The zero-order valence-electron chi connectivity index (χ0n) is 20.9. The van der Waals surface area contributed by atoms with Crippen LogP contribution in [0.25, 0.3) is 37.2 Å². The number of thiazole rings is 1. The van der Waals surface area contributed by atoms with Crippen molar-refractivity contribution in [3.8, 4) is 10.4 Å². The van der Waals surface area contributed by atoms with Crippen LogP contribution >= 0.6 is 11.3 Å². The van der Waals surface area contributed by atoms with Crippen LogP contribution in [0.4, 0.5) is 5.69 Å². The van der Waals surface area contributed by atoms with Crippen molar-refractivity contribution in [1.29, 1.82) is 0 Å². The van der Waals surface area contributed by atoms with Crippen molar-refractivity contribution in [2.75, 3.05) is 38.7 Å². The Morgan fingerprint density at radius 1 is 1.22 bits per heavy atom. The smallest absolute Gasteiger partial charge is 0.261 e. The molecule has 1 aliphatic rings. The first-order chi connectivity index (χ1) is 17.8. The van der Waals surface area contributed by atoms with Gasteiger partial charge in [-0.3, -0.25) is 19.3 Å². The molecule has 1 aliphatic heterocycles. The van der Waals surface area contributed by atoms with Crippen LogP contribution in [-0.4, -0.2) is 73.5 Å². The first-order valence-corrected chi connectivity index (χ1v) is 13.0. The van der Waals surface area contributed by atoms with E-state index in [0.29, 0.717) is 52.6 Å². The number of hydrogen-bond donors (Lipinski definition) is 2. The van der Waals surface area contributed by atoms with Crippen molar-refractivity contribution in [3.63, 3.8) is 0 Å². The average molecular weight is 521 g/mol. The fraction of sp³-hybridized carbons (Fsp3) is 0.400. The number of H-pyrrole nitrogens is 1. The second-order valence-electron chi connectivity index (χ2n) is 10.3. The number of nitrogens with one attached hydrogen (secondary N) is 2. The Hall–Kier alpha value is -3.61. The second-order valence-corrected chi connectivity index (χ2v) is 11.3. The maximum Gasteiger partial charge on any atom is 0.261 e. The van der Waals surface area contributed by atoms with Gasteiger partial charge in [0.05, 0.1) is 41.6 Å². The number of carbonyl (C=O) groups is 1. The molecule has 6 heterocycles. The SMILES string of the molecule is COCCn1cc(-c2cn3nc4c5ncc(NC(=O)CCN6CC(C)(C)C6)cc5[nH]c(=O)c4c3s2)cn1. The van der Waals surface area contributed by atoms with Crippen LogP contribution in [0.15, 0.2) is 35.6 Å².